The van der Waals surface area contributed by atoms with Crippen LogP contribution in [0.3, 0.4) is 0 Å². The van der Waals surface area contributed by atoms with E-state index in [2.05, 4.69) is 93.0 Å². The Morgan fingerprint density at radius 2 is 0.967 bits per heavy atom. The summed E-state index contributed by atoms with van der Waals surface area (Å²) in [5.41, 5.74) is 12.5. The zero-order chi connectivity index (χ0) is 60.8. The van der Waals surface area contributed by atoms with Crippen molar-refractivity contribution in [3.63, 3.8) is 0 Å². The molecule has 5 aromatic carbocycles. The summed E-state index contributed by atoms with van der Waals surface area (Å²) in [4.78, 5) is 53.4. The minimum Gasteiger partial charge on any atom is -0.423 e. The van der Waals surface area contributed by atoms with Crippen molar-refractivity contribution in [2.75, 3.05) is 55.6 Å². The molecule has 0 bridgehead atoms. The Bertz CT molecular complexity index is 4120. The number of hydrogen-bond acceptors (Lipinski definition) is 15. The first-order valence-corrected chi connectivity index (χ1v) is 29.0. The van der Waals surface area contributed by atoms with Crippen molar-refractivity contribution in [3.8, 4) is 45.3 Å². The molecule has 4 amide bonds. The number of nitrogen functional groups attached to an aromatic ring is 1. The number of aromatic nitrogens is 12. The molecule has 9 heterocycles. The van der Waals surface area contributed by atoms with Gasteiger partial charge in [-0.05, 0) is 105 Å². The number of alkyl halides is 3. The predicted octanol–water partition coefficient (Wildman–Crippen LogP) is 11.3. The van der Waals surface area contributed by atoms with Crippen LogP contribution in [-0.2, 0) is 0 Å². The molecule has 3 saturated heterocycles. The van der Waals surface area contributed by atoms with Crippen LogP contribution in [0.4, 0.5) is 39.8 Å². The van der Waals surface area contributed by atoms with Crippen molar-refractivity contribution >= 4 is 103 Å². The third-order valence-electron chi connectivity index (χ3n) is 13.4. The van der Waals surface area contributed by atoms with Gasteiger partial charge in [-0.25, -0.2) is 51.3 Å². The van der Waals surface area contributed by atoms with Gasteiger partial charge in [-0.3, -0.25) is 0 Å². The van der Waals surface area contributed by atoms with Crippen molar-refractivity contribution in [2.45, 2.75) is 60.1 Å². The second-order valence-electron chi connectivity index (χ2n) is 20.0. The van der Waals surface area contributed by atoms with E-state index in [9.17, 15) is 22.8 Å². The zero-order valence-corrected chi connectivity index (χ0v) is 50.7. The van der Waals surface area contributed by atoms with Crippen LogP contribution in [0.15, 0.2) is 180 Å². The topological polar surface area (TPSA) is 272 Å². The van der Waals surface area contributed by atoms with Crippen LogP contribution in [0.2, 0.25) is 0 Å². The highest BCUT2D eigenvalue weighted by Gasteiger charge is 2.27. The van der Waals surface area contributed by atoms with Crippen molar-refractivity contribution in [1.82, 2.24) is 73.9 Å². The molecular weight excluding hydrogens is 1320 g/mol. The smallest absolute Gasteiger partial charge is 0.423 e. The van der Waals surface area contributed by atoms with E-state index in [-0.39, 0.29) is 59.8 Å². The SMILES string of the molecule is C.C.C.Cl.F[C@@H]1CCNC1.Nc1cccc(-c2nc3ncc(Br)cn3n2)c1.O=C(Nc1cccc(-c2nc3ncc(-c4ccccc4)cn3n2)c1)N1CC[C@H](F)C1.O=C(Nc1cccc(-c2nc3ncc(Br)cn3n2)c1)N1CC[C@H](F)C1.OB(O)c1ccccc1. The van der Waals surface area contributed by atoms with E-state index in [1.54, 1.807) is 86.9 Å². The fourth-order valence-electron chi connectivity index (χ4n) is 9.05. The second-order valence-corrected chi connectivity index (χ2v) is 21.8. The number of likely N-dealkylation sites (tertiary alicyclic amines) is 2. The Kier molecular flexibility index (Phi) is 26.4. The molecule has 0 spiro atoms. The van der Waals surface area contributed by atoms with Crippen LogP contribution >= 0.6 is 44.3 Å². The van der Waals surface area contributed by atoms with Crippen LogP contribution in [0, 0.1) is 0 Å². The molecule has 0 unspecified atom stereocenters. The van der Waals surface area contributed by atoms with E-state index in [1.165, 1.54) is 9.80 Å². The maximum Gasteiger partial charge on any atom is 0.488 e. The molecule has 3 fully saturated rings. The van der Waals surface area contributed by atoms with Gasteiger partial charge in [0.05, 0.1) is 22.0 Å². The molecule has 0 aliphatic carbocycles. The van der Waals surface area contributed by atoms with Gasteiger partial charge in [-0.15, -0.1) is 27.7 Å². The Hall–Kier alpha value is -8.93. The molecule has 0 saturated carbocycles. The van der Waals surface area contributed by atoms with Gasteiger partial charge in [0.25, 0.3) is 17.3 Å². The maximum absolute atomic E-state index is 13.3. The van der Waals surface area contributed by atoms with Gasteiger partial charge < -0.3 is 41.5 Å². The minimum absolute atomic E-state index is 0. The Morgan fingerprint density at radius 1 is 0.538 bits per heavy atom. The fourth-order valence-corrected chi connectivity index (χ4v) is 9.64. The average Bonchev–Trinajstić information content (AvgIpc) is 2.77. The molecule has 476 valence electrons. The molecule has 0 radical (unpaired) electrons. The zero-order valence-electron chi connectivity index (χ0n) is 46.7. The van der Waals surface area contributed by atoms with Gasteiger partial charge in [0, 0.05) is 96.1 Å². The normalized spacial score (nSPS) is 15.3. The number of fused-ring (bicyclic) bond motifs is 3. The highest BCUT2D eigenvalue weighted by atomic mass is 79.9. The number of carbonyl (C=O) groups is 2. The number of nitrogens with zero attached hydrogens (tertiary/aromatic N) is 14. The minimum atomic E-state index is -1.34. The number of anilines is 3. The third kappa shape index (κ3) is 19.5. The monoisotopic (exact) mass is 1390 g/mol. The molecule has 3 aliphatic heterocycles. The maximum atomic E-state index is 13.3. The summed E-state index contributed by atoms with van der Waals surface area (Å²) in [6.07, 6.45) is 9.61. The Balaban J connectivity index is 0.000000195. The van der Waals surface area contributed by atoms with Gasteiger partial charge in [0.1, 0.15) is 18.5 Å². The molecule has 7 N–H and O–H groups in total. The molecule has 91 heavy (non-hydrogen) atoms. The number of halogens is 6. The van der Waals surface area contributed by atoms with Gasteiger partial charge in [0.15, 0.2) is 17.5 Å². The van der Waals surface area contributed by atoms with E-state index in [0.29, 0.717) is 96.2 Å². The van der Waals surface area contributed by atoms with Gasteiger partial charge >= 0.3 is 19.2 Å². The summed E-state index contributed by atoms with van der Waals surface area (Å²) >= 11 is 6.68. The number of hydrogen-bond donors (Lipinski definition) is 6. The van der Waals surface area contributed by atoms with E-state index >= 15 is 0 Å². The van der Waals surface area contributed by atoms with Gasteiger partial charge in [-0.2, -0.15) is 15.0 Å². The Labute approximate surface area is 547 Å². The summed E-state index contributed by atoms with van der Waals surface area (Å²) in [5.74, 6) is 3.16. The predicted molar refractivity (Wildman–Crippen MR) is 360 cm³/mol. The largest absolute Gasteiger partial charge is 0.488 e. The highest BCUT2D eigenvalue weighted by molar-refractivity contribution is 9.10. The first kappa shape index (κ1) is 71.2. The lowest BCUT2D eigenvalue weighted by atomic mass is 9.81. The van der Waals surface area contributed by atoms with Gasteiger partial charge in [0.2, 0.25) is 0 Å². The van der Waals surface area contributed by atoms with Crippen LogP contribution in [0.25, 0.3) is 62.6 Å². The molecule has 29 heteroatoms. The lowest BCUT2D eigenvalue weighted by Gasteiger charge is -2.16. The van der Waals surface area contributed by atoms with Crippen molar-refractivity contribution in [1.29, 1.82) is 0 Å². The van der Waals surface area contributed by atoms with Crippen LogP contribution in [0.1, 0.15) is 41.5 Å². The van der Waals surface area contributed by atoms with E-state index in [1.807, 2.05) is 97.3 Å². The van der Waals surface area contributed by atoms with Crippen LogP contribution in [0.5, 0.6) is 0 Å². The lowest BCUT2D eigenvalue weighted by molar-refractivity contribution is 0.217. The van der Waals surface area contributed by atoms with Gasteiger partial charge in [-0.1, -0.05) is 119 Å². The number of rotatable bonds is 7. The fraction of sp³-hybridized carbons (Fsp3) is 0.242. The first-order valence-electron chi connectivity index (χ1n) is 27.4. The number of urea groups is 2. The molecule has 6 aromatic heterocycles. The van der Waals surface area contributed by atoms with Crippen LogP contribution < -0.4 is 27.1 Å². The van der Waals surface area contributed by atoms with E-state index in [0.717, 1.165) is 43.3 Å². The quantitative estimate of drug-likeness (QED) is 0.0639. The third-order valence-corrected chi connectivity index (χ3v) is 14.3. The first-order chi connectivity index (χ1) is 42.2. The average molecular weight is 1390 g/mol. The number of amides is 4. The number of nitrogens with one attached hydrogen (secondary N) is 3. The van der Waals surface area contributed by atoms with E-state index < -0.39 is 25.6 Å². The Morgan fingerprint density at radius 3 is 1.36 bits per heavy atom. The van der Waals surface area contributed by atoms with Crippen LogP contribution in [-0.4, -0.2) is 156 Å². The molecule has 3 atom stereocenters. The van der Waals surface area contributed by atoms with Crippen molar-refractivity contribution < 1.29 is 32.8 Å². The standard InChI is InChI=1S/C22H19FN6O.C16H14BrFN6O.C11H8BrN5.C6H7BO2.C4H8FN.3CH4.ClH/c23-18-9-10-28(14-18)22(30)25-19-8-4-7-16(11-19)20-26-21-24-12-17(13-29(21)27-20)15-5-2-1-3-6-15;17-11-7-19-15-21-14(22-24(15)8-11)10-2-1-3-13(6-10)20-16(25)23-5-4-12(18)9-23;12-8-5-14-11-15-10(16-17(11)6-8)7-2-1-3-9(13)4-7;8-7(9)6-4-2-1-3-5-6;5-4-1-2-6-3-4;;;;/h1-8,11-13,18H,9-10,14H2,(H,25,30);1-3,6-8,12H,4-5,9H2,(H,20,25);1-6H,13H2;1-5,8-9H;4,6H,1-3H2;3*1H4;1H/t18-;12-;;;4-;;;;/m00..1..../s1. The number of nitrogens with two attached hydrogens (primary N) is 1. The van der Waals surface area contributed by atoms with Crippen molar-refractivity contribution in [3.05, 3.63) is 180 Å². The number of carbonyl (C=O) groups excluding carboxylic acids is 2. The highest BCUT2D eigenvalue weighted by Crippen LogP contribution is 2.26. The molecular formula is C62H69BBr2ClF3N18O4. The summed E-state index contributed by atoms with van der Waals surface area (Å²) < 4.78 is 45.0. The summed E-state index contributed by atoms with van der Waals surface area (Å²) in [6, 6.07) is 39.9. The van der Waals surface area contributed by atoms with E-state index in [4.69, 9.17) is 15.8 Å². The number of benzene rings is 5. The summed E-state index contributed by atoms with van der Waals surface area (Å²) in [6.45, 7) is 2.56. The second kappa shape index (κ2) is 33.8. The summed E-state index contributed by atoms with van der Waals surface area (Å²) in [5, 5.41) is 39.0. The lowest BCUT2D eigenvalue weighted by Crippen LogP contribution is -2.33. The summed E-state index contributed by atoms with van der Waals surface area (Å²) in [7, 11) is -1.34. The molecule has 11 aromatic rings. The molecule has 14 rings (SSSR count). The van der Waals surface area contributed by atoms with Crippen molar-refractivity contribution in [2.24, 2.45) is 0 Å². The molecule has 3 aliphatic rings. The molecule has 22 nitrogen and oxygen atoms in total.